The van der Waals surface area contributed by atoms with Crippen molar-refractivity contribution < 1.29 is 4.42 Å². The number of para-hydroxylation sites is 3. The Hall–Kier alpha value is -5.74. The van der Waals surface area contributed by atoms with E-state index in [1.54, 1.807) is 0 Å². The van der Waals surface area contributed by atoms with Crippen LogP contribution >= 0.6 is 0 Å². The van der Waals surface area contributed by atoms with Gasteiger partial charge in [-0.3, -0.25) is 4.57 Å². The average molecular weight is 536 g/mol. The van der Waals surface area contributed by atoms with Gasteiger partial charge in [0.15, 0.2) is 5.82 Å². The van der Waals surface area contributed by atoms with Gasteiger partial charge in [0, 0.05) is 27.1 Å². The highest BCUT2D eigenvalue weighted by Gasteiger charge is 2.22. The molecule has 0 aliphatic rings. The van der Waals surface area contributed by atoms with Crippen molar-refractivity contribution in [1.29, 1.82) is 0 Å². The zero-order chi connectivity index (χ0) is 27.4. The largest absolute Gasteiger partial charge is 0.456 e. The summed E-state index contributed by atoms with van der Waals surface area (Å²) in [6, 6.07) is 44.6. The van der Waals surface area contributed by atoms with E-state index in [-0.39, 0.29) is 0 Å². The summed E-state index contributed by atoms with van der Waals surface area (Å²) in [6.45, 7) is 0. The maximum Gasteiger partial charge on any atom is 0.165 e. The third-order valence-corrected chi connectivity index (χ3v) is 8.73. The molecule has 0 spiro atoms. The molecule has 42 heavy (non-hydrogen) atoms. The first-order valence-corrected chi connectivity index (χ1v) is 14.2. The maximum absolute atomic E-state index is 6.31. The SMILES string of the molecule is c1ccc(-c2nc3ccccc3nc2-n2c3ccccc3c3cc4c(cc32)c2cccc3oc5cccc4c5c32)cc1. The fourth-order valence-electron chi connectivity index (χ4n) is 6.94. The van der Waals surface area contributed by atoms with Gasteiger partial charge in [0.1, 0.15) is 16.9 Å². The van der Waals surface area contributed by atoms with Crippen molar-refractivity contribution in [2.45, 2.75) is 0 Å². The predicted molar refractivity (Wildman–Crippen MR) is 173 cm³/mol. The molecule has 10 aromatic rings. The lowest BCUT2D eigenvalue weighted by Crippen LogP contribution is -2.03. The molecule has 0 radical (unpaired) electrons. The smallest absolute Gasteiger partial charge is 0.165 e. The van der Waals surface area contributed by atoms with Gasteiger partial charge in [-0.25, -0.2) is 9.97 Å². The highest BCUT2D eigenvalue weighted by molar-refractivity contribution is 6.34. The Morgan fingerprint density at radius 2 is 1.07 bits per heavy atom. The van der Waals surface area contributed by atoms with Crippen molar-refractivity contribution in [3.63, 3.8) is 0 Å². The van der Waals surface area contributed by atoms with E-state index >= 15 is 0 Å². The molecule has 0 N–H and O–H groups in total. The molecule has 0 fully saturated rings. The highest BCUT2D eigenvalue weighted by atomic mass is 16.3. The molecule has 7 aromatic carbocycles. The van der Waals surface area contributed by atoms with Crippen LogP contribution < -0.4 is 0 Å². The van der Waals surface area contributed by atoms with E-state index < -0.39 is 0 Å². The van der Waals surface area contributed by atoms with Gasteiger partial charge in [0.2, 0.25) is 0 Å². The maximum atomic E-state index is 6.31. The molecular weight excluding hydrogens is 514 g/mol. The van der Waals surface area contributed by atoms with Crippen LogP contribution in [0.1, 0.15) is 0 Å². The molecule has 0 atom stereocenters. The minimum absolute atomic E-state index is 0.825. The Bertz CT molecular complexity index is 2680. The minimum atomic E-state index is 0.825. The Labute approximate surface area is 239 Å². The third-order valence-electron chi connectivity index (χ3n) is 8.73. The summed E-state index contributed by atoms with van der Waals surface area (Å²) in [5.41, 5.74) is 7.71. The van der Waals surface area contributed by atoms with Crippen LogP contribution in [-0.2, 0) is 0 Å². The van der Waals surface area contributed by atoms with Crippen molar-refractivity contribution in [3.8, 4) is 17.1 Å². The van der Waals surface area contributed by atoms with Crippen LogP contribution in [0.25, 0.3) is 93.4 Å². The van der Waals surface area contributed by atoms with E-state index in [0.717, 1.165) is 50.3 Å². The molecule has 0 saturated heterocycles. The van der Waals surface area contributed by atoms with Crippen molar-refractivity contribution in [2.24, 2.45) is 0 Å². The Morgan fingerprint density at radius 3 is 1.83 bits per heavy atom. The average Bonchev–Trinajstić information content (AvgIpc) is 3.59. The van der Waals surface area contributed by atoms with E-state index in [2.05, 4.69) is 102 Å². The summed E-state index contributed by atoms with van der Waals surface area (Å²) in [7, 11) is 0. The molecule has 4 heteroatoms. The standard InChI is InChI=1S/C38H21N3O/c1-2-10-22(11-3-1)37-38(40-30-16-6-5-15-29(30)39-37)41-31-17-7-4-12-23(31)28-20-26-24-13-8-18-33-35(24)36-25(27(26)21-32(28)41)14-9-19-34(36)42-33/h1-21H. The summed E-state index contributed by atoms with van der Waals surface area (Å²) in [5.74, 6) is 0.825. The lowest BCUT2D eigenvalue weighted by atomic mass is 9.93. The van der Waals surface area contributed by atoms with Gasteiger partial charge >= 0.3 is 0 Å². The van der Waals surface area contributed by atoms with Crippen LogP contribution in [0.2, 0.25) is 0 Å². The number of furan rings is 1. The summed E-state index contributed by atoms with van der Waals surface area (Å²) in [5, 5.41) is 9.61. The van der Waals surface area contributed by atoms with Crippen LogP contribution in [0, 0.1) is 0 Å². The van der Waals surface area contributed by atoms with Crippen molar-refractivity contribution in [2.75, 3.05) is 0 Å². The van der Waals surface area contributed by atoms with E-state index in [9.17, 15) is 0 Å². The molecule has 0 aliphatic carbocycles. The lowest BCUT2D eigenvalue weighted by molar-refractivity contribution is 0.669. The molecule has 0 aliphatic heterocycles. The molecule has 0 bridgehead atoms. The summed E-state index contributed by atoms with van der Waals surface area (Å²) < 4.78 is 8.61. The van der Waals surface area contributed by atoms with Crippen LogP contribution in [0.15, 0.2) is 132 Å². The van der Waals surface area contributed by atoms with Crippen LogP contribution in [0.4, 0.5) is 0 Å². The number of fused-ring (bicyclic) bond motifs is 7. The molecule has 3 heterocycles. The molecule has 4 nitrogen and oxygen atoms in total. The second-order valence-corrected chi connectivity index (χ2v) is 11.0. The van der Waals surface area contributed by atoms with Gasteiger partial charge in [0.25, 0.3) is 0 Å². The molecule has 0 saturated carbocycles. The van der Waals surface area contributed by atoms with Crippen LogP contribution in [-0.4, -0.2) is 14.5 Å². The zero-order valence-corrected chi connectivity index (χ0v) is 22.4. The molecule has 194 valence electrons. The first-order valence-electron chi connectivity index (χ1n) is 14.2. The van der Waals surface area contributed by atoms with Gasteiger partial charge in [-0.15, -0.1) is 0 Å². The fraction of sp³-hybridized carbons (Fsp3) is 0. The molecule has 10 rings (SSSR count). The lowest BCUT2D eigenvalue weighted by Gasteiger charge is -2.14. The minimum Gasteiger partial charge on any atom is -0.456 e. The second-order valence-electron chi connectivity index (χ2n) is 11.0. The number of benzene rings is 7. The Kier molecular flexibility index (Phi) is 4.15. The van der Waals surface area contributed by atoms with E-state index in [4.69, 9.17) is 14.4 Å². The van der Waals surface area contributed by atoms with Gasteiger partial charge < -0.3 is 4.42 Å². The van der Waals surface area contributed by atoms with E-state index in [0.29, 0.717) is 0 Å². The monoisotopic (exact) mass is 535 g/mol. The second kappa shape index (κ2) is 7.93. The van der Waals surface area contributed by atoms with Crippen molar-refractivity contribution in [3.05, 3.63) is 127 Å². The van der Waals surface area contributed by atoms with Crippen LogP contribution in [0.5, 0.6) is 0 Å². The van der Waals surface area contributed by atoms with Crippen molar-refractivity contribution >= 4 is 76.3 Å². The Balaban J connectivity index is 1.43. The van der Waals surface area contributed by atoms with Crippen LogP contribution in [0.3, 0.4) is 0 Å². The molecular formula is C38H21N3O. The highest BCUT2D eigenvalue weighted by Crippen LogP contribution is 2.45. The topological polar surface area (TPSA) is 43.9 Å². The normalized spacial score (nSPS) is 12.3. The van der Waals surface area contributed by atoms with Crippen molar-refractivity contribution in [1.82, 2.24) is 14.5 Å². The number of hydrogen-bond acceptors (Lipinski definition) is 3. The first kappa shape index (κ1) is 22.0. The summed E-state index contributed by atoms with van der Waals surface area (Å²) >= 11 is 0. The van der Waals surface area contributed by atoms with E-state index in [1.807, 2.05) is 30.3 Å². The number of nitrogens with zero attached hydrogens (tertiary/aromatic N) is 3. The fourth-order valence-corrected chi connectivity index (χ4v) is 6.94. The summed E-state index contributed by atoms with van der Waals surface area (Å²) in [6.07, 6.45) is 0. The van der Waals surface area contributed by atoms with E-state index in [1.165, 1.54) is 43.1 Å². The quantitative estimate of drug-likeness (QED) is 0.207. The number of hydrogen-bond donors (Lipinski definition) is 0. The van der Waals surface area contributed by atoms with Gasteiger partial charge in [-0.05, 0) is 64.0 Å². The number of rotatable bonds is 2. The molecule has 0 unspecified atom stereocenters. The van der Waals surface area contributed by atoms with Gasteiger partial charge in [0.05, 0.1) is 22.1 Å². The van der Waals surface area contributed by atoms with Gasteiger partial charge in [-0.1, -0.05) is 84.9 Å². The molecule has 0 amide bonds. The third kappa shape index (κ3) is 2.80. The van der Waals surface area contributed by atoms with Gasteiger partial charge in [-0.2, -0.15) is 0 Å². The Morgan fingerprint density at radius 1 is 0.452 bits per heavy atom. The zero-order valence-electron chi connectivity index (χ0n) is 22.4. The summed E-state index contributed by atoms with van der Waals surface area (Å²) in [4.78, 5) is 10.5. The first-order chi connectivity index (χ1) is 20.8. The number of aromatic nitrogens is 3. The molecule has 3 aromatic heterocycles. The predicted octanol–water partition coefficient (Wildman–Crippen LogP) is 10.0.